The Morgan fingerprint density at radius 3 is 2.42 bits per heavy atom. The highest BCUT2D eigenvalue weighted by molar-refractivity contribution is 5.86. The third-order valence-corrected chi connectivity index (χ3v) is 3.86. The van der Waals surface area contributed by atoms with Gasteiger partial charge >= 0.3 is 12.1 Å². The monoisotopic (exact) mass is 366 g/mol. The van der Waals surface area contributed by atoms with E-state index in [9.17, 15) is 14.4 Å². The average Bonchev–Trinajstić information content (AvgIpc) is 2.55. The van der Waals surface area contributed by atoms with E-state index in [2.05, 4.69) is 16.6 Å². The number of terminal acetylenes is 1. The second-order valence-electron chi connectivity index (χ2n) is 7.41. The Bertz CT molecular complexity index is 527. The minimum absolute atomic E-state index is 0.0282. The van der Waals surface area contributed by atoms with Gasteiger partial charge in [-0.15, -0.1) is 6.42 Å². The number of ether oxygens (including phenoxy) is 2. The topological polar surface area (TPSA) is 93.7 Å². The van der Waals surface area contributed by atoms with E-state index in [0.29, 0.717) is 0 Å². The Morgan fingerprint density at radius 2 is 1.85 bits per heavy atom. The standard InChI is InChI=1S/C19H30N2O5/c1-5-13-20-17(23)15(21-18(24)26-19(2,3)4)11-12-16(22)25-14-9-7-6-8-10-14/h1,14-15H,6-13H2,2-4H3,(H,20,23)(H,21,24)/t15-/m0/s1. The van der Waals surface area contributed by atoms with Gasteiger partial charge in [0.1, 0.15) is 17.7 Å². The minimum atomic E-state index is -0.919. The molecule has 1 atom stereocenters. The van der Waals surface area contributed by atoms with E-state index in [1.807, 2.05) is 0 Å². The van der Waals surface area contributed by atoms with Crippen LogP contribution in [0.1, 0.15) is 65.7 Å². The van der Waals surface area contributed by atoms with Crippen LogP contribution in [0.5, 0.6) is 0 Å². The molecule has 0 aromatic rings. The van der Waals surface area contributed by atoms with Gasteiger partial charge in [0, 0.05) is 6.42 Å². The van der Waals surface area contributed by atoms with Gasteiger partial charge in [-0.05, 0) is 52.9 Å². The Morgan fingerprint density at radius 1 is 1.19 bits per heavy atom. The number of carbonyl (C=O) groups is 3. The van der Waals surface area contributed by atoms with Crippen LogP contribution in [0.3, 0.4) is 0 Å². The van der Waals surface area contributed by atoms with Crippen molar-refractivity contribution in [2.75, 3.05) is 6.54 Å². The van der Waals surface area contributed by atoms with Crippen molar-refractivity contribution in [1.82, 2.24) is 10.6 Å². The highest BCUT2D eigenvalue weighted by atomic mass is 16.6. The molecule has 2 N–H and O–H groups in total. The van der Waals surface area contributed by atoms with Crippen LogP contribution in [0.4, 0.5) is 4.79 Å². The normalized spacial score (nSPS) is 16.1. The smallest absolute Gasteiger partial charge is 0.408 e. The molecular weight excluding hydrogens is 336 g/mol. The van der Waals surface area contributed by atoms with Crippen molar-refractivity contribution >= 4 is 18.0 Å². The molecule has 0 aromatic carbocycles. The van der Waals surface area contributed by atoms with E-state index in [-0.39, 0.29) is 31.5 Å². The van der Waals surface area contributed by atoms with Crippen molar-refractivity contribution in [3.63, 3.8) is 0 Å². The lowest BCUT2D eigenvalue weighted by Gasteiger charge is -2.24. The molecule has 2 amide bonds. The van der Waals surface area contributed by atoms with E-state index in [1.54, 1.807) is 20.8 Å². The Hall–Kier alpha value is -2.23. The van der Waals surface area contributed by atoms with E-state index in [4.69, 9.17) is 15.9 Å². The SMILES string of the molecule is C#CCNC(=O)[C@H](CCC(=O)OC1CCCCC1)NC(=O)OC(C)(C)C. The minimum Gasteiger partial charge on any atom is -0.462 e. The van der Waals surface area contributed by atoms with Crippen molar-refractivity contribution < 1.29 is 23.9 Å². The maximum Gasteiger partial charge on any atom is 0.408 e. The van der Waals surface area contributed by atoms with Crippen LogP contribution in [0.25, 0.3) is 0 Å². The van der Waals surface area contributed by atoms with Crippen molar-refractivity contribution in [2.24, 2.45) is 0 Å². The van der Waals surface area contributed by atoms with E-state index >= 15 is 0 Å². The number of amides is 2. The molecule has 1 saturated carbocycles. The van der Waals surface area contributed by atoms with Crippen LogP contribution in [-0.2, 0) is 19.1 Å². The molecule has 0 unspecified atom stereocenters. The summed E-state index contributed by atoms with van der Waals surface area (Å²) in [5, 5.41) is 5.00. The lowest BCUT2D eigenvalue weighted by atomic mass is 9.98. The molecule has 0 aliphatic heterocycles. The van der Waals surface area contributed by atoms with Crippen LogP contribution in [0.15, 0.2) is 0 Å². The molecule has 7 heteroatoms. The van der Waals surface area contributed by atoms with Crippen LogP contribution >= 0.6 is 0 Å². The summed E-state index contributed by atoms with van der Waals surface area (Å²) in [5.41, 5.74) is -0.691. The summed E-state index contributed by atoms with van der Waals surface area (Å²) in [6.07, 6.45) is 9.58. The van der Waals surface area contributed by atoms with Gasteiger partial charge in [0.2, 0.25) is 5.91 Å². The van der Waals surface area contributed by atoms with E-state index in [0.717, 1.165) is 25.7 Å². The fourth-order valence-corrected chi connectivity index (χ4v) is 2.67. The van der Waals surface area contributed by atoms with Gasteiger partial charge < -0.3 is 20.1 Å². The second kappa shape index (κ2) is 10.7. The van der Waals surface area contributed by atoms with Crippen molar-refractivity contribution in [2.45, 2.75) is 83.5 Å². The molecule has 146 valence electrons. The zero-order chi connectivity index (χ0) is 19.6. The first kappa shape index (κ1) is 21.8. The van der Waals surface area contributed by atoms with Crippen LogP contribution in [-0.4, -0.2) is 42.3 Å². The van der Waals surface area contributed by atoms with Crippen LogP contribution in [0.2, 0.25) is 0 Å². The third-order valence-electron chi connectivity index (χ3n) is 3.86. The first-order chi connectivity index (χ1) is 12.2. The highest BCUT2D eigenvalue weighted by Gasteiger charge is 2.26. The second-order valence-corrected chi connectivity index (χ2v) is 7.41. The molecule has 0 aromatic heterocycles. The maximum atomic E-state index is 12.2. The fourth-order valence-electron chi connectivity index (χ4n) is 2.67. The molecule has 1 aliphatic carbocycles. The average molecular weight is 366 g/mol. The van der Waals surface area contributed by atoms with Gasteiger partial charge in [-0.25, -0.2) is 4.79 Å². The quantitative estimate of drug-likeness (QED) is 0.533. The first-order valence-corrected chi connectivity index (χ1v) is 9.11. The molecule has 7 nitrogen and oxygen atoms in total. The van der Waals surface area contributed by atoms with Gasteiger partial charge in [0.15, 0.2) is 0 Å². The fraction of sp³-hybridized carbons (Fsp3) is 0.737. The summed E-state index contributed by atoms with van der Waals surface area (Å²) in [6, 6.07) is -0.919. The van der Waals surface area contributed by atoms with Crippen LogP contribution in [0, 0.1) is 12.3 Å². The molecule has 0 saturated heterocycles. The molecule has 1 fully saturated rings. The summed E-state index contributed by atoms with van der Waals surface area (Å²) in [4.78, 5) is 36.2. The maximum absolute atomic E-state index is 12.2. The summed E-state index contributed by atoms with van der Waals surface area (Å²) in [6.45, 7) is 5.21. The predicted molar refractivity (Wildman–Crippen MR) is 97.2 cm³/mol. The Labute approximate surface area is 155 Å². The Balaban J connectivity index is 2.54. The molecular formula is C19H30N2O5. The van der Waals surface area contributed by atoms with Crippen molar-refractivity contribution in [3.05, 3.63) is 0 Å². The number of alkyl carbamates (subject to hydrolysis) is 1. The van der Waals surface area contributed by atoms with Crippen molar-refractivity contribution in [1.29, 1.82) is 0 Å². The number of carbonyl (C=O) groups excluding carboxylic acids is 3. The molecule has 1 rings (SSSR count). The highest BCUT2D eigenvalue weighted by Crippen LogP contribution is 2.21. The summed E-state index contributed by atoms with van der Waals surface area (Å²) in [5.74, 6) is 1.47. The summed E-state index contributed by atoms with van der Waals surface area (Å²) < 4.78 is 10.6. The molecule has 0 bridgehead atoms. The lowest BCUT2D eigenvalue weighted by molar-refractivity contribution is -0.150. The number of hydrogen-bond acceptors (Lipinski definition) is 5. The molecule has 0 radical (unpaired) electrons. The third kappa shape index (κ3) is 9.30. The molecule has 26 heavy (non-hydrogen) atoms. The number of hydrogen-bond donors (Lipinski definition) is 2. The molecule has 0 spiro atoms. The number of rotatable bonds is 7. The van der Waals surface area contributed by atoms with Gasteiger partial charge in [-0.2, -0.15) is 0 Å². The van der Waals surface area contributed by atoms with Gasteiger partial charge in [0.25, 0.3) is 0 Å². The van der Waals surface area contributed by atoms with Gasteiger partial charge in [0.05, 0.1) is 6.54 Å². The van der Waals surface area contributed by atoms with Gasteiger partial charge in [-0.1, -0.05) is 12.3 Å². The number of nitrogens with one attached hydrogen (secondary N) is 2. The molecule has 0 heterocycles. The largest absolute Gasteiger partial charge is 0.462 e. The zero-order valence-corrected chi connectivity index (χ0v) is 15.9. The van der Waals surface area contributed by atoms with Crippen molar-refractivity contribution in [3.8, 4) is 12.3 Å². The zero-order valence-electron chi connectivity index (χ0n) is 15.9. The summed E-state index contributed by atoms with van der Waals surface area (Å²) in [7, 11) is 0. The van der Waals surface area contributed by atoms with E-state index < -0.39 is 23.6 Å². The lowest BCUT2D eigenvalue weighted by Crippen LogP contribution is -2.48. The predicted octanol–water partition coefficient (Wildman–Crippen LogP) is 2.29. The van der Waals surface area contributed by atoms with E-state index in [1.165, 1.54) is 6.42 Å². The summed E-state index contributed by atoms with van der Waals surface area (Å²) >= 11 is 0. The van der Waals surface area contributed by atoms with Crippen LogP contribution < -0.4 is 10.6 Å². The first-order valence-electron chi connectivity index (χ1n) is 9.11. The number of esters is 1. The molecule has 1 aliphatic rings. The Kier molecular flexibility index (Phi) is 8.97. The van der Waals surface area contributed by atoms with Gasteiger partial charge in [-0.3, -0.25) is 9.59 Å².